The number of nitrogens with zero attached hydrogens (tertiary/aromatic N) is 2. The van der Waals surface area contributed by atoms with Crippen LogP contribution in [-0.2, 0) is 22.6 Å². The molecule has 150 valence electrons. The van der Waals surface area contributed by atoms with E-state index in [-0.39, 0.29) is 12.0 Å². The maximum atomic E-state index is 12.2. The molecule has 1 aliphatic rings. The zero-order valence-electron chi connectivity index (χ0n) is 16.5. The van der Waals surface area contributed by atoms with Gasteiger partial charge in [-0.15, -0.1) is 11.3 Å². The SMILES string of the molecule is CN=C(NCc1cccc(NC(=O)C2CCCO2)c1)NCc1sc(C)nc1C. The Morgan fingerprint density at radius 1 is 1.32 bits per heavy atom. The summed E-state index contributed by atoms with van der Waals surface area (Å²) >= 11 is 1.69. The van der Waals surface area contributed by atoms with Gasteiger partial charge in [0.05, 0.1) is 17.2 Å². The molecular formula is C20H27N5O2S. The number of aromatic nitrogens is 1. The minimum absolute atomic E-state index is 0.0738. The van der Waals surface area contributed by atoms with Gasteiger partial charge in [0, 0.05) is 30.8 Å². The maximum absolute atomic E-state index is 12.2. The first-order chi connectivity index (χ1) is 13.5. The van der Waals surface area contributed by atoms with Gasteiger partial charge in [-0.3, -0.25) is 9.79 Å². The number of guanidine groups is 1. The Morgan fingerprint density at radius 2 is 2.14 bits per heavy atom. The van der Waals surface area contributed by atoms with Crippen LogP contribution in [-0.4, -0.2) is 36.6 Å². The topological polar surface area (TPSA) is 87.6 Å². The van der Waals surface area contributed by atoms with E-state index in [0.717, 1.165) is 40.8 Å². The Bertz CT molecular complexity index is 843. The van der Waals surface area contributed by atoms with Gasteiger partial charge in [0.25, 0.3) is 5.91 Å². The Hall–Kier alpha value is -2.45. The molecule has 3 N–H and O–H groups in total. The quantitative estimate of drug-likeness (QED) is 0.512. The van der Waals surface area contributed by atoms with E-state index in [1.165, 1.54) is 4.88 Å². The fourth-order valence-electron chi connectivity index (χ4n) is 3.07. The Kier molecular flexibility index (Phi) is 7.00. The predicted octanol–water partition coefficient (Wildman–Crippen LogP) is 2.74. The van der Waals surface area contributed by atoms with Crippen LogP contribution >= 0.6 is 11.3 Å². The Balaban J connectivity index is 1.51. The van der Waals surface area contributed by atoms with Gasteiger partial charge in [0.1, 0.15) is 6.10 Å². The van der Waals surface area contributed by atoms with Crippen LogP contribution in [0.15, 0.2) is 29.3 Å². The van der Waals surface area contributed by atoms with Gasteiger partial charge in [0.15, 0.2) is 5.96 Å². The normalized spacial score (nSPS) is 16.8. The summed E-state index contributed by atoms with van der Waals surface area (Å²) in [5, 5.41) is 10.6. The monoisotopic (exact) mass is 401 g/mol. The standard InChI is InChI=1S/C20H27N5O2S/c1-13-18(28-14(2)24-13)12-23-20(21-3)22-11-15-6-4-7-16(10-15)25-19(26)17-8-5-9-27-17/h4,6-7,10,17H,5,8-9,11-12H2,1-3H3,(H,25,26)(H2,21,22,23). The van der Waals surface area contributed by atoms with E-state index in [1.54, 1.807) is 18.4 Å². The highest BCUT2D eigenvalue weighted by molar-refractivity contribution is 7.11. The summed E-state index contributed by atoms with van der Waals surface area (Å²) < 4.78 is 5.43. The first-order valence-electron chi connectivity index (χ1n) is 9.44. The Labute approximate surface area is 169 Å². The van der Waals surface area contributed by atoms with Crippen LogP contribution in [0.5, 0.6) is 0 Å². The number of anilines is 1. The number of aliphatic imine (C=N–C) groups is 1. The van der Waals surface area contributed by atoms with Crippen LogP contribution in [0, 0.1) is 13.8 Å². The maximum Gasteiger partial charge on any atom is 0.253 e. The van der Waals surface area contributed by atoms with Crippen LogP contribution in [0.25, 0.3) is 0 Å². The van der Waals surface area contributed by atoms with Crippen molar-refractivity contribution in [3.8, 4) is 0 Å². The van der Waals surface area contributed by atoms with E-state index in [9.17, 15) is 4.79 Å². The van der Waals surface area contributed by atoms with E-state index in [4.69, 9.17) is 4.74 Å². The fraction of sp³-hybridized carbons (Fsp3) is 0.450. The molecule has 1 aliphatic heterocycles. The summed E-state index contributed by atoms with van der Waals surface area (Å²) in [6, 6.07) is 7.79. The van der Waals surface area contributed by atoms with Gasteiger partial charge >= 0.3 is 0 Å². The first-order valence-corrected chi connectivity index (χ1v) is 10.3. The molecule has 28 heavy (non-hydrogen) atoms. The van der Waals surface area contributed by atoms with E-state index in [1.807, 2.05) is 38.1 Å². The van der Waals surface area contributed by atoms with Gasteiger partial charge < -0.3 is 20.7 Å². The second-order valence-electron chi connectivity index (χ2n) is 6.71. The highest BCUT2D eigenvalue weighted by Gasteiger charge is 2.23. The number of nitrogens with one attached hydrogen (secondary N) is 3. The molecule has 1 amide bonds. The van der Waals surface area contributed by atoms with Crippen LogP contribution in [0.2, 0.25) is 0 Å². The molecule has 3 rings (SSSR count). The molecule has 1 aromatic heterocycles. The summed E-state index contributed by atoms with van der Waals surface area (Å²) in [4.78, 5) is 22.1. The highest BCUT2D eigenvalue weighted by Crippen LogP contribution is 2.17. The van der Waals surface area contributed by atoms with Crippen molar-refractivity contribution < 1.29 is 9.53 Å². The molecule has 0 saturated carbocycles. The molecule has 1 fully saturated rings. The molecular weight excluding hydrogens is 374 g/mol. The average Bonchev–Trinajstić information content (AvgIpc) is 3.32. The van der Waals surface area contributed by atoms with Gasteiger partial charge in [-0.25, -0.2) is 4.98 Å². The number of carbonyl (C=O) groups is 1. The lowest BCUT2D eigenvalue weighted by atomic mass is 10.2. The zero-order chi connectivity index (χ0) is 19.9. The van der Waals surface area contributed by atoms with Crippen molar-refractivity contribution in [2.75, 3.05) is 19.0 Å². The second kappa shape index (κ2) is 9.66. The number of carbonyl (C=O) groups excluding carboxylic acids is 1. The van der Waals surface area contributed by atoms with E-state index >= 15 is 0 Å². The van der Waals surface area contributed by atoms with Crippen molar-refractivity contribution in [3.05, 3.63) is 45.4 Å². The van der Waals surface area contributed by atoms with Gasteiger partial charge in [0.2, 0.25) is 0 Å². The fourth-order valence-corrected chi connectivity index (χ4v) is 3.95. The number of ether oxygens (including phenoxy) is 1. The van der Waals surface area contributed by atoms with Crippen LogP contribution in [0.1, 0.15) is 34.0 Å². The lowest BCUT2D eigenvalue weighted by molar-refractivity contribution is -0.124. The van der Waals surface area contributed by atoms with E-state index in [2.05, 4.69) is 25.9 Å². The molecule has 0 bridgehead atoms. The Morgan fingerprint density at radius 3 is 2.82 bits per heavy atom. The highest BCUT2D eigenvalue weighted by atomic mass is 32.1. The molecule has 2 aromatic rings. The molecule has 8 heteroatoms. The van der Waals surface area contributed by atoms with Crippen molar-refractivity contribution in [1.29, 1.82) is 0 Å². The number of thiazole rings is 1. The van der Waals surface area contributed by atoms with Gasteiger partial charge in [-0.1, -0.05) is 12.1 Å². The summed E-state index contributed by atoms with van der Waals surface area (Å²) in [6.45, 7) is 5.99. The molecule has 1 aromatic carbocycles. The summed E-state index contributed by atoms with van der Waals surface area (Å²) in [5.41, 5.74) is 2.89. The summed E-state index contributed by atoms with van der Waals surface area (Å²) in [7, 11) is 1.75. The minimum atomic E-state index is -0.330. The van der Waals surface area contributed by atoms with Gasteiger partial charge in [-0.2, -0.15) is 0 Å². The zero-order valence-corrected chi connectivity index (χ0v) is 17.4. The predicted molar refractivity (Wildman–Crippen MR) is 113 cm³/mol. The molecule has 0 spiro atoms. The molecule has 1 atom stereocenters. The van der Waals surface area contributed by atoms with E-state index < -0.39 is 0 Å². The van der Waals surface area contributed by atoms with Crippen LogP contribution in [0.3, 0.4) is 0 Å². The average molecular weight is 402 g/mol. The lowest BCUT2D eigenvalue weighted by Crippen LogP contribution is -2.36. The molecule has 1 saturated heterocycles. The molecule has 0 radical (unpaired) electrons. The number of hydrogen-bond acceptors (Lipinski definition) is 5. The van der Waals surface area contributed by atoms with Crippen LogP contribution < -0.4 is 16.0 Å². The summed E-state index contributed by atoms with van der Waals surface area (Å²) in [5.74, 6) is 0.648. The largest absolute Gasteiger partial charge is 0.368 e. The molecule has 1 unspecified atom stereocenters. The molecule has 0 aliphatic carbocycles. The third-order valence-corrected chi connectivity index (χ3v) is 5.59. The van der Waals surface area contributed by atoms with Crippen molar-refractivity contribution >= 4 is 28.9 Å². The van der Waals surface area contributed by atoms with Crippen molar-refractivity contribution in [3.63, 3.8) is 0 Å². The molecule has 7 nitrogen and oxygen atoms in total. The van der Waals surface area contributed by atoms with Gasteiger partial charge in [-0.05, 0) is 44.4 Å². The first kappa shape index (κ1) is 20.3. The number of rotatable bonds is 6. The van der Waals surface area contributed by atoms with Crippen molar-refractivity contribution in [1.82, 2.24) is 15.6 Å². The summed E-state index contributed by atoms with van der Waals surface area (Å²) in [6.07, 6.45) is 1.39. The van der Waals surface area contributed by atoms with Crippen molar-refractivity contribution in [2.24, 2.45) is 4.99 Å². The third-order valence-electron chi connectivity index (χ3n) is 4.52. The smallest absolute Gasteiger partial charge is 0.253 e. The molecule has 2 heterocycles. The number of aryl methyl sites for hydroxylation is 2. The van der Waals surface area contributed by atoms with Crippen molar-refractivity contribution in [2.45, 2.75) is 45.9 Å². The minimum Gasteiger partial charge on any atom is -0.368 e. The second-order valence-corrected chi connectivity index (χ2v) is 8.00. The number of benzene rings is 1. The van der Waals surface area contributed by atoms with Crippen LogP contribution in [0.4, 0.5) is 5.69 Å². The van der Waals surface area contributed by atoms with E-state index in [0.29, 0.717) is 19.7 Å². The number of hydrogen-bond donors (Lipinski definition) is 3. The lowest BCUT2D eigenvalue weighted by Gasteiger charge is -2.13. The third kappa shape index (κ3) is 5.53. The number of amides is 1.